The van der Waals surface area contributed by atoms with Crippen molar-refractivity contribution in [2.24, 2.45) is 0 Å². The number of hydrogen-bond donors (Lipinski definition) is 1. The summed E-state index contributed by atoms with van der Waals surface area (Å²) in [5.74, 6) is -0.717. The number of halogens is 1. The molecular formula is C17H16ClNO4. The van der Waals surface area contributed by atoms with E-state index in [2.05, 4.69) is 5.32 Å². The highest BCUT2D eigenvalue weighted by Crippen LogP contribution is 2.22. The molecule has 0 aliphatic heterocycles. The van der Waals surface area contributed by atoms with Gasteiger partial charge in [0.1, 0.15) is 11.3 Å². The van der Waals surface area contributed by atoms with Crippen LogP contribution in [0, 0.1) is 6.92 Å². The number of carbonyl (C=O) groups excluding carboxylic acids is 2. The fourth-order valence-corrected chi connectivity index (χ4v) is 2.21. The van der Waals surface area contributed by atoms with Gasteiger partial charge in [0, 0.05) is 0 Å². The molecule has 0 aliphatic carbocycles. The number of para-hydroxylation sites is 1. The SMILES string of the molecule is COc1ccccc1C(=O)OCC(=O)Nc1ccc(C)cc1Cl. The van der Waals surface area contributed by atoms with Crippen molar-refractivity contribution in [3.8, 4) is 5.75 Å². The molecule has 0 aromatic heterocycles. The van der Waals surface area contributed by atoms with E-state index in [0.717, 1.165) is 5.56 Å². The topological polar surface area (TPSA) is 64.6 Å². The van der Waals surface area contributed by atoms with Gasteiger partial charge in [-0.3, -0.25) is 4.79 Å². The second-order valence-corrected chi connectivity index (χ2v) is 5.22. The Labute approximate surface area is 139 Å². The first-order valence-corrected chi connectivity index (χ1v) is 7.25. The van der Waals surface area contributed by atoms with E-state index in [-0.39, 0.29) is 5.56 Å². The second kappa shape index (κ2) is 7.65. The molecule has 2 aromatic rings. The van der Waals surface area contributed by atoms with Gasteiger partial charge < -0.3 is 14.8 Å². The van der Waals surface area contributed by atoms with Gasteiger partial charge in [0.05, 0.1) is 17.8 Å². The molecule has 23 heavy (non-hydrogen) atoms. The third-order valence-electron chi connectivity index (χ3n) is 3.06. The van der Waals surface area contributed by atoms with Crippen LogP contribution in [0.5, 0.6) is 5.75 Å². The zero-order valence-electron chi connectivity index (χ0n) is 12.8. The van der Waals surface area contributed by atoms with E-state index in [9.17, 15) is 9.59 Å². The molecule has 1 amide bonds. The normalized spacial score (nSPS) is 10.0. The molecule has 0 atom stereocenters. The van der Waals surface area contributed by atoms with Crippen LogP contribution in [0.1, 0.15) is 15.9 Å². The van der Waals surface area contributed by atoms with E-state index < -0.39 is 18.5 Å². The van der Waals surface area contributed by atoms with Gasteiger partial charge in [-0.15, -0.1) is 0 Å². The Balaban J connectivity index is 1.95. The summed E-state index contributed by atoms with van der Waals surface area (Å²) in [5, 5.41) is 3.02. The van der Waals surface area contributed by atoms with Gasteiger partial charge in [-0.25, -0.2) is 4.79 Å². The minimum atomic E-state index is -0.632. The minimum absolute atomic E-state index is 0.260. The van der Waals surface area contributed by atoms with Crippen LogP contribution in [0.3, 0.4) is 0 Å². The summed E-state index contributed by atoms with van der Waals surface area (Å²) in [6, 6.07) is 11.9. The van der Waals surface area contributed by atoms with E-state index in [1.807, 2.05) is 13.0 Å². The summed E-state index contributed by atoms with van der Waals surface area (Å²) in [6.45, 7) is 1.48. The zero-order chi connectivity index (χ0) is 16.8. The third kappa shape index (κ3) is 4.47. The van der Waals surface area contributed by atoms with Gasteiger partial charge in [0.15, 0.2) is 6.61 Å². The predicted molar refractivity (Wildman–Crippen MR) is 88.1 cm³/mol. The summed E-state index contributed by atoms with van der Waals surface area (Å²) in [4.78, 5) is 23.8. The maximum absolute atomic E-state index is 12.0. The fraction of sp³-hybridized carbons (Fsp3) is 0.176. The zero-order valence-corrected chi connectivity index (χ0v) is 13.5. The smallest absolute Gasteiger partial charge is 0.342 e. The van der Waals surface area contributed by atoms with Crippen LogP contribution in [0.25, 0.3) is 0 Å². The average Bonchev–Trinajstić information content (AvgIpc) is 2.55. The van der Waals surface area contributed by atoms with Crippen LogP contribution in [0.2, 0.25) is 5.02 Å². The predicted octanol–water partition coefficient (Wildman–Crippen LogP) is 3.45. The highest BCUT2D eigenvalue weighted by molar-refractivity contribution is 6.33. The Morgan fingerprint density at radius 3 is 2.61 bits per heavy atom. The maximum atomic E-state index is 12.0. The van der Waals surface area contributed by atoms with Crippen LogP contribution in [0.15, 0.2) is 42.5 Å². The summed E-state index contributed by atoms with van der Waals surface area (Å²) in [7, 11) is 1.46. The second-order valence-electron chi connectivity index (χ2n) is 4.81. The Hall–Kier alpha value is -2.53. The molecular weight excluding hydrogens is 318 g/mol. The van der Waals surface area contributed by atoms with Crippen molar-refractivity contribution in [1.82, 2.24) is 0 Å². The summed E-state index contributed by atoms with van der Waals surface area (Å²) >= 11 is 6.03. The number of aryl methyl sites for hydroxylation is 1. The lowest BCUT2D eigenvalue weighted by atomic mass is 10.2. The number of esters is 1. The molecule has 2 aromatic carbocycles. The fourth-order valence-electron chi connectivity index (χ4n) is 1.93. The van der Waals surface area contributed by atoms with Gasteiger partial charge in [0.25, 0.3) is 5.91 Å². The Kier molecular flexibility index (Phi) is 5.60. The highest BCUT2D eigenvalue weighted by atomic mass is 35.5. The molecule has 0 fully saturated rings. The van der Waals surface area contributed by atoms with E-state index >= 15 is 0 Å². The molecule has 0 saturated carbocycles. The Morgan fingerprint density at radius 1 is 1.17 bits per heavy atom. The van der Waals surface area contributed by atoms with Crippen molar-refractivity contribution < 1.29 is 19.1 Å². The van der Waals surface area contributed by atoms with Crippen molar-refractivity contribution >= 4 is 29.2 Å². The molecule has 1 N–H and O–H groups in total. The number of anilines is 1. The quantitative estimate of drug-likeness (QED) is 0.851. The number of hydrogen-bond acceptors (Lipinski definition) is 4. The van der Waals surface area contributed by atoms with Gasteiger partial charge in [-0.2, -0.15) is 0 Å². The van der Waals surface area contributed by atoms with Crippen molar-refractivity contribution in [2.75, 3.05) is 19.0 Å². The molecule has 0 heterocycles. The van der Waals surface area contributed by atoms with Crippen LogP contribution in [-0.2, 0) is 9.53 Å². The molecule has 0 unspecified atom stereocenters. The van der Waals surface area contributed by atoms with Crippen LogP contribution >= 0.6 is 11.6 Å². The largest absolute Gasteiger partial charge is 0.496 e. The Morgan fingerprint density at radius 2 is 1.91 bits per heavy atom. The average molecular weight is 334 g/mol. The number of benzene rings is 2. The summed E-state index contributed by atoms with van der Waals surface area (Å²) < 4.78 is 10.1. The monoisotopic (exact) mass is 333 g/mol. The number of methoxy groups -OCH3 is 1. The van der Waals surface area contributed by atoms with E-state index in [1.54, 1.807) is 36.4 Å². The molecule has 6 heteroatoms. The maximum Gasteiger partial charge on any atom is 0.342 e. The van der Waals surface area contributed by atoms with Gasteiger partial charge >= 0.3 is 5.97 Å². The van der Waals surface area contributed by atoms with Crippen molar-refractivity contribution in [3.63, 3.8) is 0 Å². The van der Waals surface area contributed by atoms with Crippen molar-refractivity contribution in [1.29, 1.82) is 0 Å². The van der Waals surface area contributed by atoms with Gasteiger partial charge in [0.2, 0.25) is 0 Å². The Bertz CT molecular complexity index is 730. The number of carbonyl (C=O) groups is 2. The van der Waals surface area contributed by atoms with Crippen molar-refractivity contribution in [3.05, 3.63) is 58.6 Å². The summed E-state index contributed by atoms with van der Waals surface area (Å²) in [6.07, 6.45) is 0. The molecule has 0 bridgehead atoms. The number of nitrogens with one attached hydrogen (secondary N) is 1. The number of ether oxygens (including phenoxy) is 2. The first-order valence-electron chi connectivity index (χ1n) is 6.87. The molecule has 120 valence electrons. The molecule has 0 spiro atoms. The lowest BCUT2D eigenvalue weighted by molar-refractivity contribution is -0.119. The summed E-state index contributed by atoms with van der Waals surface area (Å²) in [5.41, 5.74) is 1.71. The molecule has 5 nitrogen and oxygen atoms in total. The van der Waals surface area contributed by atoms with Crippen molar-refractivity contribution in [2.45, 2.75) is 6.92 Å². The minimum Gasteiger partial charge on any atom is -0.496 e. The van der Waals surface area contributed by atoms with E-state index in [0.29, 0.717) is 16.5 Å². The number of amides is 1. The lowest BCUT2D eigenvalue weighted by Gasteiger charge is -2.10. The molecule has 2 rings (SSSR count). The molecule has 0 radical (unpaired) electrons. The van der Waals surface area contributed by atoms with Crippen LogP contribution < -0.4 is 10.1 Å². The number of rotatable bonds is 5. The van der Waals surface area contributed by atoms with Gasteiger partial charge in [-0.05, 0) is 36.8 Å². The first kappa shape index (κ1) is 16.8. The van der Waals surface area contributed by atoms with E-state index in [4.69, 9.17) is 21.1 Å². The standard InChI is InChI=1S/C17H16ClNO4/c1-11-7-8-14(13(18)9-11)19-16(20)10-23-17(21)12-5-3-4-6-15(12)22-2/h3-9H,10H2,1-2H3,(H,19,20). The van der Waals surface area contributed by atoms with E-state index in [1.165, 1.54) is 7.11 Å². The van der Waals surface area contributed by atoms with Gasteiger partial charge in [-0.1, -0.05) is 29.8 Å². The molecule has 0 aliphatic rings. The van der Waals surface area contributed by atoms with Crippen LogP contribution in [-0.4, -0.2) is 25.6 Å². The molecule has 0 saturated heterocycles. The van der Waals surface area contributed by atoms with Crippen LogP contribution in [0.4, 0.5) is 5.69 Å². The first-order chi connectivity index (χ1) is 11.0. The lowest BCUT2D eigenvalue weighted by Crippen LogP contribution is -2.21. The highest BCUT2D eigenvalue weighted by Gasteiger charge is 2.15. The third-order valence-corrected chi connectivity index (χ3v) is 3.37.